The summed E-state index contributed by atoms with van der Waals surface area (Å²) >= 11 is 3.82. The monoisotopic (exact) mass is 381 g/mol. The maximum atomic E-state index is 12.5. The van der Waals surface area contributed by atoms with E-state index in [-0.39, 0.29) is 9.12 Å². The summed E-state index contributed by atoms with van der Waals surface area (Å²) in [6.07, 6.45) is 6.13. The molecule has 5 heteroatoms. The molecule has 0 saturated carbocycles. The summed E-state index contributed by atoms with van der Waals surface area (Å²) in [6, 6.07) is 11.1. The van der Waals surface area contributed by atoms with Gasteiger partial charge in [-0.15, -0.1) is 23.5 Å². The molecule has 134 valence electrons. The third-order valence-corrected chi connectivity index (χ3v) is 14.5. The molecule has 0 aliphatic carbocycles. The van der Waals surface area contributed by atoms with Gasteiger partial charge in [-0.1, -0.05) is 64.2 Å². The largest absolute Gasteiger partial charge is 0.366 e. The van der Waals surface area contributed by atoms with Crippen molar-refractivity contribution in [2.24, 2.45) is 0 Å². The predicted molar refractivity (Wildman–Crippen MR) is 112 cm³/mol. The maximum Gasteiger partial charge on any atom is 0.216 e. The van der Waals surface area contributed by atoms with E-state index in [1.54, 1.807) is 0 Å². The molecule has 1 amide bonds. The average molecular weight is 382 g/mol. The highest BCUT2D eigenvalue weighted by molar-refractivity contribution is 8.16. The zero-order chi connectivity index (χ0) is 18.2. The van der Waals surface area contributed by atoms with Crippen molar-refractivity contribution in [1.82, 2.24) is 4.57 Å². The van der Waals surface area contributed by atoms with Crippen LogP contribution >= 0.6 is 23.5 Å². The van der Waals surface area contributed by atoms with Crippen molar-refractivity contribution in [3.8, 4) is 0 Å². The van der Waals surface area contributed by atoms with E-state index >= 15 is 0 Å². The molecule has 0 radical (unpaired) electrons. The van der Waals surface area contributed by atoms with Gasteiger partial charge in [0.2, 0.25) is 5.91 Å². The summed E-state index contributed by atoms with van der Waals surface area (Å²) < 4.78 is 2.31. The van der Waals surface area contributed by atoms with Crippen molar-refractivity contribution in [3.63, 3.8) is 0 Å². The molecule has 1 aromatic carbocycles. The molecule has 0 spiro atoms. The molecular formula is C19H31NOS2Si. The lowest BCUT2D eigenvalue weighted by Crippen LogP contribution is -2.68. The molecule has 0 N–H and O–H groups in total. The van der Waals surface area contributed by atoms with E-state index in [0.717, 1.165) is 6.42 Å². The Balaban J connectivity index is 2.29. The number of carbonyl (C=O) groups excluding carboxylic acids is 1. The van der Waals surface area contributed by atoms with Crippen molar-refractivity contribution in [2.45, 2.75) is 61.9 Å². The first-order chi connectivity index (χ1) is 11.1. The summed E-state index contributed by atoms with van der Waals surface area (Å²) in [7, 11) is -1.81. The molecular weight excluding hydrogens is 350 g/mol. The first-order valence-electron chi connectivity index (χ1n) is 8.57. The van der Waals surface area contributed by atoms with Crippen LogP contribution in [0.3, 0.4) is 0 Å². The standard InChI is InChI=1S/C19H31NOS2Si/c1-18(2,3)24(6,7)20-16(13-17(20)21)14-19(22-4,23-5)15-11-9-8-10-12-15/h8-12,16H,13-14H2,1-7H3/t16-/m0/s1. The number of thioether (sulfide) groups is 2. The molecule has 1 saturated heterocycles. The first-order valence-corrected chi connectivity index (χ1v) is 14.0. The van der Waals surface area contributed by atoms with Gasteiger partial charge in [-0.05, 0) is 29.5 Å². The Hall–Kier alpha value is -0.393. The molecule has 0 aromatic heterocycles. The van der Waals surface area contributed by atoms with Crippen LogP contribution in [-0.2, 0) is 8.87 Å². The van der Waals surface area contributed by atoms with E-state index in [1.807, 2.05) is 23.5 Å². The third-order valence-electron chi connectivity index (χ3n) is 5.86. The van der Waals surface area contributed by atoms with Gasteiger partial charge in [-0.3, -0.25) is 4.79 Å². The molecule has 1 atom stereocenters. The van der Waals surface area contributed by atoms with Crippen LogP contribution in [-0.4, -0.2) is 37.3 Å². The number of hydrogen-bond acceptors (Lipinski definition) is 3. The van der Waals surface area contributed by atoms with Gasteiger partial charge in [0.1, 0.15) is 0 Å². The third kappa shape index (κ3) is 3.45. The second-order valence-electron chi connectivity index (χ2n) is 8.16. The predicted octanol–water partition coefficient (Wildman–Crippen LogP) is 5.56. The van der Waals surface area contributed by atoms with Crippen molar-refractivity contribution < 1.29 is 4.79 Å². The van der Waals surface area contributed by atoms with E-state index in [4.69, 9.17) is 0 Å². The smallest absolute Gasteiger partial charge is 0.216 e. The van der Waals surface area contributed by atoms with Gasteiger partial charge in [-0.2, -0.15) is 0 Å². The number of rotatable bonds is 6. The van der Waals surface area contributed by atoms with Gasteiger partial charge >= 0.3 is 0 Å². The molecule has 0 bridgehead atoms. The lowest BCUT2D eigenvalue weighted by atomic mass is 9.96. The molecule has 1 aliphatic rings. The zero-order valence-corrected chi connectivity index (χ0v) is 18.7. The fraction of sp³-hybridized carbons (Fsp3) is 0.632. The normalized spacial score (nSPS) is 19.4. The lowest BCUT2D eigenvalue weighted by molar-refractivity contribution is -0.139. The molecule has 24 heavy (non-hydrogen) atoms. The Labute approximate surface area is 157 Å². The van der Waals surface area contributed by atoms with E-state index in [2.05, 4.69) is 81.3 Å². The summed E-state index contributed by atoms with van der Waals surface area (Å²) in [5.41, 5.74) is 1.36. The Morgan fingerprint density at radius 1 is 1.12 bits per heavy atom. The molecule has 2 rings (SSSR count). The lowest BCUT2D eigenvalue weighted by Gasteiger charge is -2.56. The van der Waals surface area contributed by atoms with Crippen LogP contribution in [0.25, 0.3) is 0 Å². The average Bonchev–Trinajstić information content (AvgIpc) is 2.50. The SMILES string of the molecule is CSC(C[C@@H]1CC(=O)N1[Si](C)(C)C(C)(C)C)(SC)c1ccccc1. The van der Waals surface area contributed by atoms with Gasteiger partial charge in [0, 0.05) is 12.5 Å². The van der Waals surface area contributed by atoms with Crippen LogP contribution in [0.1, 0.15) is 39.2 Å². The van der Waals surface area contributed by atoms with E-state index in [1.165, 1.54) is 5.56 Å². The fourth-order valence-corrected chi connectivity index (χ4v) is 8.04. The van der Waals surface area contributed by atoms with E-state index in [0.29, 0.717) is 18.4 Å². The number of benzene rings is 1. The van der Waals surface area contributed by atoms with E-state index in [9.17, 15) is 4.79 Å². The highest BCUT2D eigenvalue weighted by atomic mass is 32.2. The molecule has 1 fully saturated rings. The van der Waals surface area contributed by atoms with Gasteiger partial charge < -0.3 is 4.57 Å². The van der Waals surface area contributed by atoms with Crippen LogP contribution in [0.2, 0.25) is 18.1 Å². The summed E-state index contributed by atoms with van der Waals surface area (Å²) in [6.45, 7) is 11.6. The maximum absolute atomic E-state index is 12.5. The van der Waals surface area contributed by atoms with Crippen molar-refractivity contribution in [3.05, 3.63) is 35.9 Å². The summed E-state index contributed by atoms with van der Waals surface area (Å²) in [4.78, 5) is 12.5. The number of carbonyl (C=O) groups is 1. The zero-order valence-electron chi connectivity index (χ0n) is 16.1. The molecule has 1 aromatic rings. The van der Waals surface area contributed by atoms with Crippen molar-refractivity contribution in [1.29, 1.82) is 0 Å². The number of β-lactam (4-membered cyclic amide) rings is 1. The van der Waals surface area contributed by atoms with Gasteiger partial charge in [0.25, 0.3) is 0 Å². The molecule has 2 nitrogen and oxygen atoms in total. The first kappa shape index (κ1) is 19.9. The molecule has 1 heterocycles. The number of nitrogens with zero attached hydrogens (tertiary/aromatic N) is 1. The summed E-state index contributed by atoms with van der Waals surface area (Å²) in [5.74, 6) is 0.357. The van der Waals surface area contributed by atoms with Crippen LogP contribution in [0.15, 0.2) is 30.3 Å². The topological polar surface area (TPSA) is 20.3 Å². The van der Waals surface area contributed by atoms with Crippen LogP contribution in [0.5, 0.6) is 0 Å². The Kier molecular flexibility index (Phi) is 5.88. The fourth-order valence-electron chi connectivity index (χ4n) is 3.38. The highest BCUT2D eigenvalue weighted by Gasteiger charge is 2.53. The van der Waals surface area contributed by atoms with Gasteiger partial charge in [0.15, 0.2) is 8.24 Å². The van der Waals surface area contributed by atoms with Crippen LogP contribution in [0.4, 0.5) is 0 Å². The van der Waals surface area contributed by atoms with Crippen molar-refractivity contribution >= 4 is 37.7 Å². The second kappa shape index (κ2) is 7.08. The molecule has 1 aliphatic heterocycles. The Morgan fingerprint density at radius 2 is 1.67 bits per heavy atom. The van der Waals surface area contributed by atoms with E-state index < -0.39 is 8.24 Å². The minimum atomic E-state index is -1.81. The Bertz CT molecular complexity index is 579. The highest BCUT2D eigenvalue weighted by Crippen LogP contribution is 2.52. The van der Waals surface area contributed by atoms with Crippen LogP contribution in [0, 0.1) is 0 Å². The number of amides is 1. The van der Waals surface area contributed by atoms with Gasteiger partial charge in [0.05, 0.1) is 4.08 Å². The minimum Gasteiger partial charge on any atom is -0.366 e. The quantitative estimate of drug-likeness (QED) is 0.365. The number of hydrogen-bond donors (Lipinski definition) is 0. The van der Waals surface area contributed by atoms with Crippen molar-refractivity contribution in [2.75, 3.05) is 12.5 Å². The second-order valence-corrected chi connectivity index (χ2v) is 15.7. The minimum absolute atomic E-state index is 0.0211. The Morgan fingerprint density at radius 3 is 2.08 bits per heavy atom. The summed E-state index contributed by atoms with van der Waals surface area (Å²) in [5, 5.41) is 0.190. The van der Waals surface area contributed by atoms with Crippen LogP contribution < -0.4 is 0 Å². The van der Waals surface area contributed by atoms with Gasteiger partial charge in [-0.25, -0.2) is 0 Å². The molecule has 0 unspecified atom stereocenters.